The molecule has 27 heavy (non-hydrogen) atoms. The molecule has 0 radical (unpaired) electrons. The molecule has 3 rings (SSSR count). The van der Waals surface area contributed by atoms with Gasteiger partial charge in [0.05, 0.1) is 12.2 Å². The molecule has 0 aliphatic rings. The van der Waals surface area contributed by atoms with Crippen LogP contribution in [0.25, 0.3) is 10.8 Å². The van der Waals surface area contributed by atoms with Gasteiger partial charge in [-0.1, -0.05) is 30.3 Å². The minimum atomic E-state index is -0.690. The number of nitrogens with one attached hydrogen (secondary N) is 1. The number of rotatable bonds is 6. The Bertz CT molecular complexity index is 950. The van der Waals surface area contributed by atoms with Crippen molar-refractivity contribution < 1.29 is 19.1 Å². The fraction of sp³-hybridized carbons (Fsp3) is 0.182. The lowest BCUT2D eigenvalue weighted by molar-refractivity contribution is -0.122. The van der Waals surface area contributed by atoms with Crippen LogP contribution >= 0.6 is 0 Å². The zero-order chi connectivity index (χ0) is 19.2. The first-order valence-corrected chi connectivity index (χ1v) is 8.80. The van der Waals surface area contributed by atoms with Gasteiger partial charge in [0.25, 0.3) is 5.91 Å². The van der Waals surface area contributed by atoms with Gasteiger partial charge in [-0.05, 0) is 61.0 Å². The maximum atomic E-state index is 12.4. The summed E-state index contributed by atoms with van der Waals surface area (Å²) in [4.78, 5) is 24.1. The molecule has 0 aromatic heterocycles. The lowest BCUT2D eigenvalue weighted by Gasteiger charge is -2.15. The molecule has 1 N–H and O–H groups in total. The lowest BCUT2D eigenvalue weighted by Crippen LogP contribution is -2.30. The molecule has 1 unspecified atom stereocenters. The zero-order valence-electron chi connectivity index (χ0n) is 15.3. The van der Waals surface area contributed by atoms with E-state index in [1.807, 2.05) is 42.5 Å². The summed E-state index contributed by atoms with van der Waals surface area (Å²) in [6.45, 7) is 3.75. The first-order chi connectivity index (χ1) is 13.1. The summed E-state index contributed by atoms with van der Waals surface area (Å²) in [5.41, 5.74) is 1.16. The molecule has 3 aromatic carbocycles. The van der Waals surface area contributed by atoms with Crippen LogP contribution < -0.4 is 10.1 Å². The Hall–Kier alpha value is -3.34. The largest absolute Gasteiger partial charge is 0.481 e. The van der Waals surface area contributed by atoms with Crippen LogP contribution in [0.4, 0.5) is 5.69 Å². The molecule has 0 fully saturated rings. The number of hydrogen-bond donors (Lipinski definition) is 1. The predicted octanol–water partition coefficient (Wildman–Crippen LogP) is 4.42. The second kappa shape index (κ2) is 8.36. The molecule has 0 saturated carbocycles. The van der Waals surface area contributed by atoms with E-state index in [0.29, 0.717) is 23.6 Å². The molecule has 1 atom stereocenters. The van der Waals surface area contributed by atoms with Gasteiger partial charge in [-0.2, -0.15) is 0 Å². The van der Waals surface area contributed by atoms with Gasteiger partial charge in [0.2, 0.25) is 0 Å². The first-order valence-electron chi connectivity index (χ1n) is 8.80. The van der Waals surface area contributed by atoms with Gasteiger partial charge < -0.3 is 14.8 Å². The summed E-state index contributed by atoms with van der Waals surface area (Å²) in [6.07, 6.45) is -0.690. The van der Waals surface area contributed by atoms with Crippen molar-refractivity contribution in [3.63, 3.8) is 0 Å². The molecule has 0 aliphatic carbocycles. The fourth-order valence-corrected chi connectivity index (χ4v) is 2.65. The van der Waals surface area contributed by atoms with Crippen molar-refractivity contribution >= 4 is 28.3 Å². The Labute approximate surface area is 157 Å². The van der Waals surface area contributed by atoms with E-state index in [4.69, 9.17) is 9.47 Å². The number of benzene rings is 3. The van der Waals surface area contributed by atoms with E-state index in [9.17, 15) is 9.59 Å². The summed E-state index contributed by atoms with van der Waals surface area (Å²) in [7, 11) is 0. The number of hydrogen-bond acceptors (Lipinski definition) is 4. The molecule has 0 heterocycles. The predicted molar refractivity (Wildman–Crippen MR) is 105 cm³/mol. The van der Waals surface area contributed by atoms with Crippen LogP contribution in [0.2, 0.25) is 0 Å². The second-order valence-electron chi connectivity index (χ2n) is 6.06. The standard InChI is InChI=1S/C22H21NO4/c1-3-26-22(25)17-9-12-20(13-10-17)27-15(2)21(24)23-19-11-8-16-6-4-5-7-18(16)14-19/h4-15H,3H2,1-2H3,(H,23,24). The highest BCUT2D eigenvalue weighted by atomic mass is 16.5. The highest BCUT2D eigenvalue weighted by Crippen LogP contribution is 2.20. The van der Waals surface area contributed by atoms with E-state index in [1.165, 1.54) is 0 Å². The van der Waals surface area contributed by atoms with E-state index in [-0.39, 0.29) is 11.9 Å². The van der Waals surface area contributed by atoms with Gasteiger partial charge in [0.1, 0.15) is 5.75 Å². The van der Waals surface area contributed by atoms with Crippen molar-refractivity contribution in [1.82, 2.24) is 0 Å². The van der Waals surface area contributed by atoms with Crippen LogP contribution in [-0.2, 0) is 9.53 Å². The van der Waals surface area contributed by atoms with E-state index >= 15 is 0 Å². The van der Waals surface area contributed by atoms with Crippen LogP contribution in [0, 0.1) is 0 Å². The molecule has 0 bridgehead atoms. The summed E-state index contributed by atoms with van der Waals surface area (Å²) in [6, 6.07) is 20.2. The van der Waals surface area contributed by atoms with Crippen LogP contribution in [0.1, 0.15) is 24.2 Å². The van der Waals surface area contributed by atoms with Crippen molar-refractivity contribution in [3.05, 3.63) is 72.3 Å². The Morgan fingerprint density at radius 2 is 1.67 bits per heavy atom. The number of carbonyl (C=O) groups is 2. The number of amides is 1. The zero-order valence-corrected chi connectivity index (χ0v) is 15.3. The topological polar surface area (TPSA) is 64.6 Å². The summed E-state index contributed by atoms with van der Waals surface area (Å²) < 4.78 is 10.6. The summed E-state index contributed by atoms with van der Waals surface area (Å²) in [5, 5.41) is 5.03. The Kier molecular flexibility index (Phi) is 5.71. The Morgan fingerprint density at radius 3 is 2.37 bits per heavy atom. The average Bonchev–Trinajstić information content (AvgIpc) is 2.68. The number of fused-ring (bicyclic) bond motifs is 1. The van der Waals surface area contributed by atoms with E-state index < -0.39 is 6.10 Å². The molecule has 0 spiro atoms. The highest BCUT2D eigenvalue weighted by molar-refractivity contribution is 5.96. The summed E-state index contributed by atoms with van der Waals surface area (Å²) >= 11 is 0. The molecule has 0 saturated heterocycles. The van der Waals surface area contributed by atoms with Gasteiger partial charge >= 0.3 is 5.97 Å². The molecule has 5 heteroatoms. The van der Waals surface area contributed by atoms with Gasteiger partial charge in [-0.25, -0.2) is 4.79 Å². The number of carbonyl (C=O) groups excluding carboxylic acids is 2. The number of esters is 1. The third-order valence-corrected chi connectivity index (χ3v) is 4.06. The van der Waals surface area contributed by atoms with Gasteiger partial charge in [-0.3, -0.25) is 4.79 Å². The Balaban J connectivity index is 1.62. The molecular formula is C22H21NO4. The van der Waals surface area contributed by atoms with Crippen molar-refractivity contribution in [2.45, 2.75) is 20.0 Å². The number of ether oxygens (including phenoxy) is 2. The minimum Gasteiger partial charge on any atom is -0.481 e. The van der Waals surface area contributed by atoms with Gasteiger partial charge in [0, 0.05) is 5.69 Å². The molecule has 5 nitrogen and oxygen atoms in total. The maximum absolute atomic E-state index is 12.4. The minimum absolute atomic E-state index is 0.250. The quantitative estimate of drug-likeness (QED) is 0.658. The number of anilines is 1. The summed E-state index contributed by atoms with van der Waals surface area (Å²) in [5.74, 6) is -0.130. The fourth-order valence-electron chi connectivity index (χ4n) is 2.65. The van der Waals surface area contributed by atoms with Crippen LogP contribution in [-0.4, -0.2) is 24.6 Å². The molecular weight excluding hydrogens is 342 g/mol. The van der Waals surface area contributed by atoms with Crippen LogP contribution in [0.15, 0.2) is 66.7 Å². The van der Waals surface area contributed by atoms with Gasteiger partial charge in [0.15, 0.2) is 6.10 Å². The third-order valence-electron chi connectivity index (χ3n) is 4.06. The van der Waals surface area contributed by atoms with Crippen molar-refractivity contribution in [1.29, 1.82) is 0 Å². The van der Waals surface area contributed by atoms with Crippen molar-refractivity contribution in [2.24, 2.45) is 0 Å². The smallest absolute Gasteiger partial charge is 0.338 e. The first kappa shape index (κ1) is 18.5. The second-order valence-corrected chi connectivity index (χ2v) is 6.06. The van der Waals surface area contributed by atoms with E-state index in [0.717, 1.165) is 10.8 Å². The molecule has 0 aliphatic heterocycles. The van der Waals surface area contributed by atoms with E-state index in [2.05, 4.69) is 5.32 Å². The van der Waals surface area contributed by atoms with E-state index in [1.54, 1.807) is 38.1 Å². The average molecular weight is 363 g/mol. The van der Waals surface area contributed by atoms with Crippen LogP contribution in [0.5, 0.6) is 5.75 Å². The normalized spacial score (nSPS) is 11.6. The molecule has 1 amide bonds. The SMILES string of the molecule is CCOC(=O)c1ccc(OC(C)C(=O)Nc2ccc3ccccc3c2)cc1. The maximum Gasteiger partial charge on any atom is 0.338 e. The van der Waals surface area contributed by atoms with Gasteiger partial charge in [-0.15, -0.1) is 0 Å². The highest BCUT2D eigenvalue weighted by Gasteiger charge is 2.15. The monoisotopic (exact) mass is 363 g/mol. The molecule has 138 valence electrons. The van der Waals surface area contributed by atoms with Crippen molar-refractivity contribution in [3.8, 4) is 5.75 Å². The molecule has 3 aromatic rings. The third kappa shape index (κ3) is 4.64. The Morgan fingerprint density at radius 1 is 0.963 bits per heavy atom. The van der Waals surface area contributed by atoms with Crippen molar-refractivity contribution in [2.75, 3.05) is 11.9 Å². The lowest BCUT2D eigenvalue weighted by atomic mass is 10.1. The van der Waals surface area contributed by atoms with Crippen LogP contribution in [0.3, 0.4) is 0 Å².